The van der Waals surface area contributed by atoms with Gasteiger partial charge < -0.3 is 5.11 Å². The first kappa shape index (κ1) is 12.8. The van der Waals surface area contributed by atoms with Crippen LogP contribution in [-0.2, 0) is 11.2 Å². The van der Waals surface area contributed by atoms with Crippen molar-refractivity contribution in [2.45, 2.75) is 26.7 Å². The van der Waals surface area contributed by atoms with Crippen LogP contribution in [-0.4, -0.2) is 16.1 Å². The average Bonchev–Trinajstić information content (AvgIpc) is 2.79. The Labute approximate surface area is 110 Å². The van der Waals surface area contributed by atoms with Gasteiger partial charge in [-0.3, -0.25) is 4.79 Å². The molecule has 0 bridgehead atoms. The number of hydrogen-bond donors (Lipinski definition) is 1. The third-order valence-corrected chi connectivity index (χ3v) is 3.82. The average molecular weight is 261 g/mol. The number of benzene rings is 1. The van der Waals surface area contributed by atoms with E-state index in [1.54, 1.807) is 0 Å². The molecule has 1 aromatic heterocycles. The fourth-order valence-electron chi connectivity index (χ4n) is 1.67. The van der Waals surface area contributed by atoms with Gasteiger partial charge in [0.15, 0.2) is 0 Å². The first-order chi connectivity index (χ1) is 8.56. The second-order valence-corrected chi connectivity index (χ2v) is 5.26. The minimum absolute atomic E-state index is 0.139. The standard InChI is InChI=1S/C14H15NO2S/c1-9-3-4-11(7-10(9)2)12-8-18-13(15-12)5-6-14(16)17/h3-4,7-8H,5-6H2,1-2H3,(H,16,17). The summed E-state index contributed by atoms with van der Waals surface area (Å²) in [4.78, 5) is 15.0. The molecule has 1 N–H and O–H groups in total. The monoisotopic (exact) mass is 261 g/mol. The summed E-state index contributed by atoms with van der Waals surface area (Å²) in [7, 11) is 0. The second-order valence-electron chi connectivity index (χ2n) is 4.32. The third kappa shape index (κ3) is 2.96. The molecule has 0 amide bonds. The van der Waals surface area contributed by atoms with Crippen LogP contribution in [0, 0.1) is 13.8 Å². The summed E-state index contributed by atoms with van der Waals surface area (Å²) in [6.07, 6.45) is 0.644. The molecule has 0 unspecified atom stereocenters. The lowest BCUT2D eigenvalue weighted by Crippen LogP contribution is -1.96. The van der Waals surface area contributed by atoms with Crippen molar-refractivity contribution in [2.24, 2.45) is 0 Å². The Morgan fingerprint density at radius 1 is 1.33 bits per heavy atom. The van der Waals surface area contributed by atoms with Crippen molar-refractivity contribution in [2.75, 3.05) is 0 Å². The maximum Gasteiger partial charge on any atom is 0.303 e. The van der Waals surface area contributed by atoms with E-state index < -0.39 is 5.97 Å². The SMILES string of the molecule is Cc1ccc(-c2csc(CCC(=O)O)n2)cc1C. The van der Waals surface area contributed by atoms with Crippen LogP contribution in [0.3, 0.4) is 0 Å². The molecule has 0 fully saturated rings. The number of carboxylic acid groups (broad SMARTS) is 1. The van der Waals surface area contributed by atoms with Crippen molar-refractivity contribution in [3.63, 3.8) is 0 Å². The summed E-state index contributed by atoms with van der Waals surface area (Å²) < 4.78 is 0. The molecule has 0 saturated heterocycles. The van der Waals surface area contributed by atoms with E-state index in [-0.39, 0.29) is 6.42 Å². The van der Waals surface area contributed by atoms with E-state index in [1.165, 1.54) is 22.5 Å². The molecule has 0 aliphatic heterocycles. The molecule has 0 aliphatic carbocycles. The molecule has 94 valence electrons. The zero-order valence-corrected chi connectivity index (χ0v) is 11.3. The maximum atomic E-state index is 10.5. The van der Waals surface area contributed by atoms with Crippen LogP contribution < -0.4 is 0 Å². The van der Waals surface area contributed by atoms with Gasteiger partial charge in [-0.05, 0) is 31.0 Å². The molecule has 2 rings (SSSR count). The first-order valence-electron chi connectivity index (χ1n) is 5.80. The zero-order chi connectivity index (χ0) is 13.1. The van der Waals surface area contributed by atoms with E-state index >= 15 is 0 Å². The van der Waals surface area contributed by atoms with Crippen LogP contribution in [0.4, 0.5) is 0 Å². The number of hydrogen-bond acceptors (Lipinski definition) is 3. The van der Waals surface area contributed by atoms with Crippen LogP contribution in [0.25, 0.3) is 11.3 Å². The highest BCUT2D eigenvalue weighted by atomic mass is 32.1. The van der Waals surface area contributed by atoms with E-state index in [4.69, 9.17) is 5.11 Å². The molecule has 3 nitrogen and oxygen atoms in total. The van der Waals surface area contributed by atoms with Crippen molar-refractivity contribution < 1.29 is 9.90 Å². The molecule has 0 radical (unpaired) electrons. The predicted octanol–water partition coefficient (Wildman–Crippen LogP) is 3.44. The lowest BCUT2D eigenvalue weighted by Gasteiger charge is -2.02. The molecule has 4 heteroatoms. The minimum atomic E-state index is -0.780. The smallest absolute Gasteiger partial charge is 0.303 e. The van der Waals surface area contributed by atoms with Gasteiger partial charge in [0.1, 0.15) is 0 Å². The van der Waals surface area contributed by atoms with E-state index in [0.29, 0.717) is 6.42 Å². The second kappa shape index (κ2) is 5.31. The molecule has 1 heterocycles. The zero-order valence-electron chi connectivity index (χ0n) is 10.4. The largest absolute Gasteiger partial charge is 0.481 e. The lowest BCUT2D eigenvalue weighted by atomic mass is 10.1. The molecule has 0 aliphatic rings. The lowest BCUT2D eigenvalue weighted by molar-refractivity contribution is -0.136. The van der Waals surface area contributed by atoms with Gasteiger partial charge in [-0.2, -0.15) is 0 Å². The van der Waals surface area contributed by atoms with Gasteiger partial charge in [-0.15, -0.1) is 11.3 Å². The Morgan fingerprint density at radius 2 is 2.11 bits per heavy atom. The Morgan fingerprint density at radius 3 is 2.78 bits per heavy atom. The Bertz CT molecular complexity index is 575. The fraction of sp³-hybridized carbons (Fsp3) is 0.286. The Balaban J connectivity index is 2.18. The van der Waals surface area contributed by atoms with Crippen LogP contribution in [0.15, 0.2) is 23.6 Å². The summed E-state index contributed by atoms with van der Waals surface area (Å²) in [5.74, 6) is -0.780. The van der Waals surface area contributed by atoms with Gasteiger partial charge in [0.05, 0.1) is 17.1 Å². The van der Waals surface area contributed by atoms with Crippen LogP contribution in [0.2, 0.25) is 0 Å². The van der Waals surface area contributed by atoms with E-state index in [1.807, 2.05) is 5.38 Å². The van der Waals surface area contributed by atoms with Crippen molar-refractivity contribution in [1.82, 2.24) is 4.98 Å². The van der Waals surface area contributed by atoms with Gasteiger partial charge in [-0.1, -0.05) is 12.1 Å². The fourth-order valence-corrected chi connectivity index (χ4v) is 2.48. The first-order valence-corrected chi connectivity index (χ1v) is 6.68. The number of aryl methyl sites for hydroxylation is 3. The molecule has 18 heavy (non-hydrogen) atoms. The normalized spacial score (nSPS) is 10.6. The number of carbonyl (C=O) groups is 1. The number of carboxylic acids is 1. The topological polar surface area (TPSA) is 50.2 Å². The van der Waals surface area contributed by atoms with Gasteiger partial charge in [0.25, 0.3) is 0 Å². The number of nitrogens with zero attached hydrogens (tertiary/aromatic N) is 1. The van der Waals surface area contributed by atoms with Crippen molar-refractivity contribution >= 4 is 17.3 Å². The molecular formula is C14H15NO2S. The van der Waals surface area contributed by atoms with Crippen LogP contribution in [0.1, 0.15) is 22.6 Å². The van der Waals surface area contributed by atoms with Gasteiger partial charge in [0.2, 0.25) is 0 Å². The van der Waals surface area contributed by atoms with Crippen molar-refractivity contribution in [3.8, 4) is 11.3 Å². The maximum absolute atomic E-state index is 10.5. The predicted molar refractivity (Wildman–Crippen MR) is 73.0 cm³/mol. The van der Waals surface area contributed by atoms with Gasteiger partial charge in [0, 0.05) is 17.4 Å². The van der Waals surface area contributed by atoms with Crippen LogP contribution in [0.5, 0.6) is 0 Å². The Hall–Kier alpha value is -1.68. The van der Waals surface area contributed by atoms with Crippen LogP contribution >= 0.6 is 11.3 Å². The molecule has 0 atom stereocenters. The summed E-state index contributed by atoms with van der Waals surface area (Å²) in [6, 6.07) is 6.25. The molecule has 1 aromatic carbocycles. The van der Waals surface area contributed by atoms with E-state index in [9.17, 15) is 4.79 Å². The number of rotatable bonds is 4. The summed E-state index contributed by atoms with van der Waals surface area (Å²) >= 11 is 1.52. The highest BCUT2D eigenvalue weighted by Gasteiger charge is 2.07. The highest BCUT2D eigenvalue weighted by Crippen LogP contribution is 2.24. The minimum Gasteiger partial charge on any atom is -0.481 e. The third-order valence-electron chi connectivity index (χ3n) is 2.91. The van der Waals surface area contributed by atoms with E-state index in [0.717, 1.165) is 16.3 Å². The van der Waals surface area contributed by atoms with Gasteiger partial charge in [-0.25, -0.2) is 4.98 Å². The molecule has 2 aromatic rings. The number of thiazole rings is 1. The summed E-state index contributed by atoms with van der Waals surface area (Å²) in [5, 5.41) is 11.5. The highest BCUT2D eigenvalue weighted by molar-refractivity contribution is 7.09. The molecule has 0 spiro atoms. The van der Waals surface area contributed by atoms with Crippen molar-refractivity contribution in [1.29, 1.82) is 0 Å². The van der Waals surface area contributed by atoms with E-state index in [2.05, 4.69) is 37.0 Å². The molecule has 0 saturated carbocycles. The van der Waals surface area contributed by atoms with Crippen molar-refractivity contribution in [3.05, 3.63) is 39.7 Å². The summed E-state index contributed by atoms with van der Waals surface area (Å²) in [5.41, 5.74) is 4.53. The number of aromatic nitrogens is 1. The summed E-state index contributed by atoms with van der Waals surface area (Å²) in [6.45, 7) is 4.16. The number of aliphatic carboxylic acids is 1. The Kier molecular flexibility index (Phi) is 3.77. The quantitative estimate of drug-likeness (QED) is 0.917. The molecular weight excluding hydrogens is 246 g/mol. The van der Waals surface area contributed by atoms with Gasteiger partial charge >= 0.3 is 5.97 Å².